The normalized spacial score (nSPS) is 10.4. The quantitative estimate of drug-likeness (QED) is 0.923. The molecule has 0 spiro atoms. The van der Waals surface area contributed by atoms with Crippen molar-refractivity contribution in [2.24, 2.45) is 7.05 Å². The number of aromatic nitrogens is 1. The van der Waals surface area contributed by atoms with Crippen LogP contribution in [-0.2, 0) is 13.6 Å². The number of aryl methyl sites for hydroxylation is 1. The molecular formula is C17H22N2O3. The minimum Gasteiger partial charge on any atom is -0.496 e. The van der Waals surface area contributed by atoms with Crippen LogP contribution in [0.4, 0.5) is 0 Å². The topological polar surface area (TPSA) is 52.5 Å². The lowest BCUT2D eigenvalue weighted by Gasteiger charge is -2.13. The molecule has 0 fully saturated rings. The lowest BCUT2D eigenvalue weighted by atomic mass is 10.1. The minimum absolute atomic E-state index is 0.157. The number of carbonyl (C=O) groups excluding carboxylic acids is 1. The molecule has 1 N–H and O–H groups in total. The molecule has 0 atom stereocenters. The van der Waals surface area contributed by atoms with Gasteiger partial charge in [-0.2, -0.15) is 0 Å². The molecule has 0 saturated heterocycles. The summed E-state index contributed by atoms with van der Waals surface area (Å²) in [5.74, 6) is 1.12. The fourth-order valence-electron chi connectivity index (χ4n) is 2.33. The van der Waals surface area contributed by atoms with Gasteiger partial charge in [0.05, 0.1) is 20.8 Å². The van der Waals surface area contributed by atoms with Gasteiger partial charge in [0, 0.05) is 29.6 Å². The predicted octanol–water partition coefficient (Wildman–Crippen LogP) is 2.59. The average Bonchev–Trinajstić information content (AvgIpc) is 2.84. The Hall–Kier alpha value is -2.43. The number of nitrogens with zero attached hydrogens (tertiary/aromatic N) is 1. The standard InChI is InChI=1S/C17H22N2O3/c1-11-6-7-14(19(11)3)10-18-17(20)13-8-15(21-4)12(2)16(9-13)22-5/h6-9H,10H2,1-5H3,(H,18,20). The summed E-state index contributed by atoms with van der Waals surface area (Å²) in [5, 5.41) is 2.92. The van der Waals surface area contributed by atoms with Gasteiger partial charge in [-0.25, -0.2) is 0 Å². The zero-order chi connectivity index (χ0) is 16.3. The van der Waals surface area contributed by atoms with Crippen molar-refractivity contribution in [3.63, 3.8) is 0 Å². The molecule has 118 valence electrons. The van der Waals surface area contributed by atoms with E-state index in [2.05, 4.69) is 9.88 Å². The number of benzene rings is 1. The van der Waals surface area contributed by atoms with Crippen LogP contribution in [0.5, 0.6) is 11.5 Å². The number of methoxy groups -OCH3 is 2. The molecule has 0 aliphatic carbocycles. The van der Waals surface area contributed by atoms with Crippen molar-refractivity contribution in [1.29, 1.82) is 0 Å². The summed E-state index contributed by atoms with van der Waals surface area (Å²) in [6.07, 6.45) is 0. The minimum atomic E-state index is -0.157. The van der Waals surface area contributed by atoms with Gasteiger partial charge in [-0.3, -0.25) is 4.79 Å². The van der Waals surface area contributed by atoms with Gasteiger partial charge in [-0.05, 0) is 38.1 Å². The third-order valence-corrected chi connectivity index (χ3v) is 3.92. The Labute approximate surface area is 130 Å². The summed E-state index contributed by atoms with van der Waals surface area (Å²) < 4.78 is 12.7. The predicted molar refractivity (Wildman–Crippen MR) is 85.6 cm³/mol. The molecule has 2 rings (SSSR count). The number of rotatable bonds is 5. The van der Waals surface area contributed by atoms with Crippen LogP contribution in [-0.4, -0.2) is 24.7 Å². The number of ether oxygens (including phenoxy) is 2. The van der Waals surface area contributed by atoms with Crippen LogP contribution in [0.3, 0.4) is 0 Å². The third-order valence-electron chi connectivity index (χ3n) is 3.92. The molecule has 0 aliphatic heterocycles. The van der Waals surface area contributed by atoms with Crippen LogP contribution in [0.25, 0.3) is 0 Å². The highest BCUT2D eigenvalue weighted by Gasteiger charge is 2.14. The van der Waals surface area contributed by atoms with Crippen molar-refractivity contribution in [3.8, 4) is 11.5 Å². The SMILES string of the molecule is COc1cc(C(=O)NCc2ccc(C)n2C)cc(OC)c1C. The van der Waals surface area contributed by atoms with Crippen LogP contribution >= 0.6 is 0 Å². The number of carbonyl (C=O) groups is 1. The van der Waals surface area contributed by atoms with E-state index in [0.29, 0.717) is 23.6 Å². The molecule has 22 heavy (non-hydrogen) atoms. The Morgan fingerprint density at radius 1 is 1.14 bits per heavy atom. The molecule has 1 aromatic heterocycles. The third kappa shape index (κ3) is 3.08. The maximum atomic E-state index is 12.4. The maximum absolute atomic E-state index is 12.4. The van der Waals surface area contributed by atoms with Crippen LogP contribution in [0.2, 0.25) is 0 Å². The van der Waals surface area contributed by atoms with Gasteiger partial charge in [0.15, 0.2) is 0 Å². The molecule has 0 aliphatic rings. The Bertz CT molecular complexity index is 664. The average molecular weight is 302 g/mol. The van der Waals surface area contributed by atoms with E-state index in [-0.39, 0.29) is 5.91 Å². The lowest BCUT2D eigenvalue weighted by Crippen LogP contribution is -2.24. The number of nitrogens with one attached hydrogen (secondary N) is 1. The monoisotopic (exact) mass is 302 g/mol. The largest absolute Gasteiger partial charge is 0.496 e. The number of amides is 1. The molecule has 1 amide bonds. The molecule has 0 saturated carbocycles. The lowest BCUT2D eigenvalue weighted by molar-refractivity contribution is 0.0949. The van der Waals surface area contributed by atoms with Crippen LogP contribution in [0, 0.1) is 13.8 Å². The first-order valence-corrected chi connectivity index (χ1v) is 7.10. The van der Waals surface area contributed by atoms with E-state index in [9.17, 15) is 4.79 Å². The van der Waals surface area contributed by atoms with Crippen molar-refractivity contribution < 1.29 is 14.3 Å². The van der Waals surface area contributed by atoms with E-state index in [0.717, 1.165) is 17.0 Å². The summed E-state index contributed by atoms with van der Waals surface area (Å²) >= 11 is 0. The fourth-order valence-corrected chi connectivity index (χ4v) is 2.33. The number of hydrogen-bond donors (Lipinski definition) is 1. The van der Waals surface area contributed by atoms with Crippen molar-refractivity contribution in [2.75, 3.05) is 14.2 Å². The smallest absolute Gasteiger partial charge is 0.251 e. The summed E-state index contributed by atoms with van der Waals surface area (Å²) in [5.41, 5.74) is 3.60. The molecule has 5 nitrogen and oxygen atoms in total. The second-order valence-electron chi connectivity index (χ2n) is 5.21. The highest BCUT2D eigenvalue weighted by atomic mass is 16.5. The molecule has 0 unspecified atom stereocenters. The van der Waals surface area contributed by atoms with Crippen LogP contribution in [0.1, 0.15) is 27.3 Å². The molecule has 2 aromatic rings. The van der Waals surface area contributed by atoms with Crippen molar-refractivity contribution >= 4 is 5.91 Å². The van der Waals surface area contributed by atoms with E-state index in [1.165, 1.54) is 0 Å². The highest BCUT2D eigenvalue weighted by Crippen LogP contribution is 2.29. The van der Waals surface area contributed by atoms with Gasteiger partial charge in [-0.15, -0.1) is 0 Å². The van der Waals surface area contributed by atoms with Crippen LogP contribution < -0.4 is 14.8 Å². The zero-order valence-corrected chi connectivity index (χ0v) is 13.7. The first kappa shape index (κ1) is 15.9. The van der Waals surface area contributed by atoms with Gasteiger partial charge >= 0.3 is 0 Å². The first-order valence-electron chi connectivity index (χ1n) is 7.10. The molecule has 5 heteroatoms. The van der Waals surface area contributed by atoms with Crippen LogP contribution in [0.15, 0.2) is 24.3 Å². The Kier molecular flexibility index (Phi) is 4.75. The summed E-state index contributed by atoms with van der Waals surface area (Å²) in [7, 11) is 5.14. The van der Waals surface area contributed by atoms with E-state index in [1.807, 2.05) is 33.0 Å². The van der Waals surface area contributed by atoms with E-state index < -0.39 is 0 Å². The Morgan fingerprint density at radius 2 is 1.73 bits per heavy atom. The van der Waals surface area contributed by atoms with Crippen molar-refractivity contribution in [3.05, 3.63) is 46.8 Å². The maximum Gasteiger partial charge on any atom is 0.251 e. The zero-order valence-electron chi connectivity index (χ0n) is 13.7. The van der Waals surface area contributed by atoms with E-state index in [1.54, 1.807) is 26.4 Å². The first-order chi connectivity index (χ1) is 10.5. The summed E-state index contributed by atoms with van der Waals surface area (Å²) in [6, 6.07) is 7.48. The van der Waals surface area contributed by atoms with Crippen molar-refractivity contribution in [1.82, 2.24) is 9.88 Å². The second-order valence-corrected chi connectivity index (χ2v) is 5.21. The Morgan fingerprint density at radius 3 is 2.18 bits per heavy atom. The Balaban J connectivity index is 2.17. The van der Waals surface area contributed by atoms with Gasteiger partial charge in [0.25, 0.3) is 5.91 Å². The molecule has 1 heterocycles. The number of hydrogen-bond acceptors (Lipinski definition) is 3. The highest BCUT2D eigenvalue weighted by molar-refractivity contribution is 5.95. The molecular weight excluding hydrogens is 280 g/mol. The summed E-state index contributed by atoms with van der Waals surface area (Å²) in [6.45, 7) is 4.40. The second kappa shape index (κ2) is 6.56. The van der Waals surface area contributed by atoms with Gasteiger partial charge < -0.3 is 19.4 Å². The van der Waals surface area contributed by atoms with Gasteiger partial charge in [-0.1, -0.05) is 0 Å². The molecule has 1 aromatic carbocycles. The van der Waals surface area contributed by atoms with E-state index in [4.69, 9.17) is 9.47 Å². The van der Waals surface area contributed by atoms with Gasteiger partial charge in [0.1, 0.15) is 11.5 Å². The van der Waals surface area contributed by atoms with Gasteiger partial charge in [0.2, 0.25) is 0 Å². The molecule has 0 radical (unpaired) electrons. The fraction of sp³-hybridized carbons (Fsp3) is 0.353. The summed E-state index contributed by atoms with van der Waals surface area (Å²) in [4.78, 5) is 12.4. The molecule has 0 bridgehead atoms. The van der Waals surface area contributed by atoms with Crippen molar-refractivity contribution in [2.45, 2.75) is 20.4 Å². The van der Waals surface area contributed by atoms with E-state index >= 15 is 0 Å².